The second-order valence-corrected chi connectivity index (χ2v) is 11.0. The van der Waals surface area contributed by atoms with Gasteiger partial charge in [-0.2, -0.15) is 0 Å². The van der Waals surface area contributed by atoms with E-state index in [1.54, 1.807) is 72.8 Å². The number of hydrogen-bond donors (Lipinski definition) is 2. The maximum atomic E-state index is 13.8. The zero-order chi connectivity index (χ0) is 30.6. The number of aromatic nitrogens is 3. The van der Waals surface area contributed by atoms with Crippen LogP contribution in [0.2, 0.25) is 0 Å². The largest absolute Gasteiger partial charge is 0.478 e. The topological polar surface area (TPSA) is 114 Å². The predicted molar refractivity (Wildman–Crippen MR) is 174 cm³/mol. The molecule has 0 aliphatic carbocycles. The third kappa shape index (κ3) is 5.73. The van der Waals surface area contributed by atoms with Gasteiger partial charge in [0, 0.05) is 23.2 Å². The molecular formula is C35H26N4O4S. The van der Waals surface area contributed by atoms with E-state index in [1.165, 1.54) is 16.3 Å². The number of pyridine rings is 1. The van der Waals surface area contributed by atoms with E-state index >= 15 is 0 Å². The molecule has 0 fully saturated rings. The molecule has 4 aromatic carbocycles. The summed E-state index contributed by atoms with van der Waals surface area (Å²) in [5.41, 5.74) is 3.63. The highest BCUT2D eigenvalue weighted by Gasteiger charge is 2.25. The zero-order valence-corrected chi connectivity index (χ0v) is 24.2. The molecular weight excluding hydrogens is 572 g/mol. The predicted octanol–water partition coefficient (Wildman–Crippen LogP) is 6.97. The van der Waals surface area contributed by atoms with E-state index in [2.05, 4.69) is 16.9 Å². The van der Waals surface area contributed by atoms with Gasteiger partial charge in [0.05, 0.1) is 27.7 Å². The Hall–Kier alpha value is -5.54. The van der Waals surface area contributed by atoms with Crippen molar-refractivity contribution in [3.05, 3.63) is 143 Å². The summed E-state index contributed by atoms with van der Waals surface area (Å²) in [6.45, 7) is 4.04. The van der Waals surface area contributed by atoms with Gasteiger partial charge in [-0.3, -0.25) is 14.2 Å². The molecule has 0 aliphatic heterocycles. The van der Waals surface area contributed by atoms with Crippen LogP contribution in [0.15, 0.2) is 132 Å². The standard InChI is InChI=1S/C35H26N4O4S/c1-2-20-39-33(41)26-13-7-9-15-29(26)38-35(39)44-31(23-10-4-3-5-11-23)32(40)36-24-18-16-22(17-19-24)30-21-27(34(42)43)25-12-6-8-14-28(25)37-30/h2-19,21,31H,1,20H2,(H,36,40)(H,42,43). The number of carboxylic acids is 1. The number of carbonyl (C=O) groups is 2. The number of para-hydroxylation sites is 2. The molecule has 8 nitrogen and oxygen atoms in total. The number of rotatable bonds is 9. The van der Waals surface area contributed by atoms with Crippen molar-refractivity contribution in [1.82, 2.24) is 14.5 Å². The van der Waals surface area contributed by atoms with Crippen molar-refractivity contribution in [3.63, 3.8) is 0 Å². The van der Waals surface area contributed by atoms with Crippen molar-refractivity contribution in [2.75, 3.05) is 5.32 Å². The number of carbonyl (C=O) groups excluding carboxylic acids is 1. The molecule has 0 saturated carbocycles. The number of fused-ring (bicyclic) bond motifs is 2. The van der Waals surface area contributed by atoms with E-state index < -0.39 is 11.2 Å². The maximum absolute atomic E-state index is 13.8. The Morgan fingerprint density at radius 3 is 2.18 bits per heavy atom. The second kappa shape index (κ2) is 12.4. The van der Waals surface area contributed by atoms with Crippen LogP contribution in [0.1, 0.15) is 21.2 Å². The molecule has 44 heavy (non-hydrogen) atoms. The third-order valence-electron chi connectivity index (χ3n) is 7.10. The lowest BCUT2D eigenvalue weighted by molar-refractivity contribution is -0.115. The van der Waals surface area contributed by atoms with Crippen LogP contribution in [0.25, 0.3) is 33.1 Å². The van der Waals surface area contributed by atoms with E-state index in [0.717, 1.165) is 5.56 Å². The van der Waals surface area contributed by atoms with Crippen molar-refractivity contribution in [3.8, 4) is 11.3 Å². The highest BCUT2D eigenvalue weighted by Crippen LogP contribution is 2.36. The minimum absolute atomic E-state index is 0.169. The van der Waals surface area contributed by atoms with Crippen LogP contribution >= 0.6 is 11.8 Å². The Balaban J connectivity index is 1.31. The van der Waals surface area contributed by atoms with E-state index in [1.807, 2.05) is 42.5 Å². The molecule has 216 valence electrons. The molecule has 6 aromatic rings. The van der Waals surface area contributed by atoms with Crippen LogP contribution in [0.5, 0.6) is 0 Å². The molecule has 6 rings (SSSR count). The number of carboxylic acid groups (broad SMARTS) is 1. The normalized spacial score (nSPS) is 11.7. The number of nitrogens with one attached hydrogen (secondary N) is 1. The summed E-state index contributed by atoms with van der Waals surface area (Å²) in [7, 11) is 0. The molecule has 0 saturated heterocycles. The lowest BCUT2D eigenvalue weighted by Crippen LogP contribution is -2.25. The molecule has 1 amide bonds. The highest BCUT2D eigenvalue weighted by atomic mass is 32.2. The number of amides is 1. The van der Waals surface area contributed by atoms with E-state index in [9.17, 15) is 19.5 Å². The summed E-state index contributed by atoms with van der Waals surface area (Å²) >= 11 is 1.20. The number of anilines is 1. The first-order chi connectivity index (χ1) is 21.4. The summed E-state index contributed by atoms with van der Waals surface area (Å²) in [6.07, 6.45) is 1.63. The first kappa shape index (κ1) is 28.6. The number of benzene rings is 4. The first-order valence-electron chi connectivity index (χ1n) is 13.8. The summed E-state index contributed by atoms with van der Waals surface area (Å²) in [4.78, 5) is 48.4. The molecule has 1 atom stereocenters. The lowest BCUT2D eigenvalue weighted by Gasteiger charge is -2.19. The van der Waals surface area contributed by atoms with Gasteiger partial charge in [0.2, 0.25) is 5.91 Å². The highest BCUT2D eigenvalue weighted by molar-refractivity contribution is 8.00. The molecule has 9 heteroatoms. The Kier molecular flexibility index (Phi) is 8.03. The smallest absolute Gasteiger partial charge is 0.336 e. The summed E-state index contributed by atoms with van der Waals surface area (Å²) in [5, 5.41) is 13.5. The van der Waals surface area contributed by atoms with Crippen molar-refractivity contribution in [1.29, 1.82) is 0 Å². The van der Waals surface area contributed by atoms with Gasteiger partial charge in [-0.15, -0.1) is 6.58 Å². The summed E-state index contributed by atoms with van der Waals surface area (Å²) in [5.74, 6) is -1.32. The van der Waals surface area contributed by atoms with Crippen molar-refractivity contribution >= 4 is 51.1 Å². The Labute approximate surface area is 256 Å². The van der Waals surface area contributed by atoms with Crippen LogP contribution in [0.4, 0.5) is 5.69 Å². The Bertz CT molecular complexity index is 2090. The number of nitrogens with zero attached hydrogens (tertiary/aromatic N) is 3. The fourth-order valence-electron chi connectivity index (χ4n) is 4.97. The maximum Gasteiger partial charge on any atom is 0.336 e. The van der Waals surface area contributed by atoms with Crippen molar-refractivity contribution in [2.24, 2.45) is 0 Å². The fourth-order valence-corrected chi connectivity index (χ4v) is 6.07. The molecule has 1 unspecified atom stereocenters. The molecule has 0 radical (unpaired) electrons. The van der Waals surface area contributed by atoms with Crippen LogP contribution in [0, 0.1) is 0 Å². The minimum Gasteiger partial charge on any atom is -0.478 e. The fraction of sp³-hybridized carbons (Fsp3) is 0.0571. The zero-order valence-electron chi connectivity index (χ0n) is 23.4. The second-order valence-electron chi connectivity index (χ2n) is 9.97. The van der Waals surface area contributed by atoms with Crippen LogP contribution in [-0.4, -0.2) is 31.5 Å². The van der Waals surface area contributed by atoms with Crippen LogP contribution in [-0.2, 0) is 11.3 Å². The Morgan fingerprint density at radius 2 is 1.50 bits per heavy atom. The van der Waals surface area contributed by atoms with Gasteiger partial charge < -0.3 is 10.4 Å². The molecule has 0 bridgehead atoms. The number of allylic oxidation sites excluding steroid dienone is 1. The van der Waals surface area contributed by atoms with Gasteiger partial charge in [-0.1, -0.05) is 90.6 Å². The molecule has 2 aromatic heterocycles. The molecule has 2 heterocycles. The van der Waals surface area contributed by atoms with Gasteiger partial charge in [-0.05, 0) is 42.0 Å². The SMILES string of the molecule is C=CCn1c(SC(C(=O)Nc2ccc(-c3cc(C(=O)O)c4ccccc4n3)cc2)c2ccccc2)nc2ccccc2c1=O. The van der Waals surface area contributed by atoms with Gasteiger partial charge in [0.15, 0.2) is 5.16 Å². The number of hydrogen-bond acceptors (Lipinski definition) is 6. The van der Waals surface area contributed by atoms with Crippen molar-refractivity contribution in [2.45, 2.75) is 17.0 Å². The summed E-state index contributed by atoms with van der Waals surface area (Å²) < 4.78 is 1.53. The number of thioether (sulfide) groups is 1. The third-order valence-corrected chi connectivity index (χ3v) is 8.34. The van der Waals surface area contributed by atoms with E-state index in [4.69, 9.17) is 4.98 Å². The van der Waals surface area contributed by atoms with Gasteiger partial charge in [0.1, 0.15) is 5.25 Å². The molecule has 2 N–H and O–H groups in total. The quantitative estimate of drug-likeness (QED) is 0.105. The van der Waals surface area contributed by atoms with Gasteiger partial charge in [0.25, 0.3) is 5.56 Å². The molecule has 0 aliphatic rings. The monoisotopic (exact) mass is 598 g/mol. The van der Waals surface area contributed by atoms with Gasteiger partial charge >= 0.3 is 5.97 Å². The van der Waals surface area contributed by atoms with Gasteiger partial charge in [-0.25, -0.2) is 14.8 Å². The van der Waals surface area contributed by atoms with Crippen LogP contribution in [0.3, 0.4) is 0 Å². The number of aromatic carboxylic acids is 1. The Morgan fingerprint density at radius 1 is 0.864 bits per heavy atom. The van der Waals surface area contributed by atoms with E-state index in [0.29, 0.717) is 43.9 Å². The van der Waals surface area contributed by atoms with E-state index in [-0.39, 0.29) is 23.6 Å². The average molecular weight is 599 g/mol. The lowest BCUT2D eigenvalue weighted by atomic mass is 10.0. The molecule has 0 spiro atoms. The van der Waals surface area contributed by atoms with Crippen LogP contribution < -0.4 is 10.9 Å². The van der Waals surface area contributed by atoms with Crippen molar-refractivity contribution < 1.29 is 14.7 Å². The minimum atomic E-state index is -1.03. The average Bonchev–Trinajstić information content (AvgIpc) is 3.05. The summed E-state index contributed by atoms with van der Waals surface area (Å²) in [6, 6.07) is 32.2. The first-order valence-corrected chi connectivity index (χ1v) is 14.7.